The molecule has 0 aliphatic carbocycles. The van der Waals surface area contributed by atoms with E-state index in [1.807, 2.05) is 24.3 Å². The Morgan fingerprint density at radius 3 is 2.38 bits per heavy atom. The fourth-order valence-corrected chi connectivity index (χ4v) is 1.85. The molecule has 0 atom stereocenters. The predicted molar refractivity (Wildman–Crippen MR) is 57.2 cm³/mol. The van der Waals surface area contributed by atoms with E-state index in [0.29, 0.717) is 10.5 Å². The summed E-state index contributed by atoms with van der Waals surface area (Å²) in [5.74, 6) is 0. The van der Waals surface area contributed by atoms with Crippen molar-refractivity contribution < 1.29 is 0 Å². The molecule has 13 heavy (non-hydrogen) atoms. The van der Waals surface area contributed by atoms with E-state index >= 15 is 0 Å². The summed E-state index contributed by atoms with van der Waals surface area (Å²) in [4.78, 5) is 8.57. The van der Waals surface area contributed by atoms with E-state index in [1.54, 1.807) is 0 Å². The third-order valence-corrected chi connectivity index (χ3v) is 2.55. The van der Waals surface area contributed by atoms with Crippen molar-refractivity contribution in [2.45, 2.75) is 5.33 Å². The van der Waals surface area contributed by atoms with Crippen molar-refractivity contribution in [1.82, 2.24) is 9.97 Å². The normalized spacial score (nSPS) is 10.6. The lowest BCUT2D eigenvalue weighted by Gasteiger charge is -2.00. The molecule has 0 spiro atoms. The van der Waals surface area contributed by atoms with Gasteiger partial charge in [0.05, 0.1) is 16.7 Å². The van der Waals surface area contributed by atoms with Gasteiger partial charge in [0.2, 0.25) is 0 Å². The molecule has 2 aromatic rings. The topological polar surface area (TPSA) is 25.8 Å². The third kappa shape index (κ3) is 1.67. The standard InChI is InChI=1S/C9H6BrClN2/c10-5-8-9(11)13-7-4-2-1-3-6(7)12-8/h1-4H,5H2. The number of hydrogen-bond donors (Lipinski definition) is 0. The number of rotatable bonds is 1. The zero-order chi connectivity index (χ0) is 9.26. The van der Waals surface area contributed by atoms with Crippen LogP contribution in [0.15, 0.2) is 24.3 Å². The van der Waals surface area contributed by atoms with Crippen LogP contribution in [0, 0.1) is 0 Å². The highest BCUT2D eigenvalue weighted by Crippen LogP contribution is 2.18. The number of benzene rings is 1. The Balaban J connectivity index is 2.74. The van der Waals surface area contributed by atoms with Gasteiger partial charge >= 0.3 is 0 Å². The quantitative estimate of drug-likeness (QED) is 0.733. The fraction of sp³-hybridized carbons (Fsp3) is 0.111. The molecule has 66 valence electrons. The van der Waals surface area contributed by atoms with Crippen LogP contribution < -0.4 is 0 Å². The highest BCUT2D eigenvalue weighted by atomic mass is 79.9. The highest BCUT2D eigenvalue weighted by molar-refractivity contribution is 9.08. The van der Waals surface area contributed by atoms with Crippen LogP contribution in [0.2, 0.25) is 5.15 Å². The molecule has 0 saturated carbocycles. The fourth-order valence-electron chi connectivity index (χ4n) is 1.10. The summed E-state index contributed by atoms with van der Waals surface area (Å²) >= 11 is 9.21. The molecule has 1 aromatic carbocycles. The molecule has 0 saturated heterocycles. The van der Waals surface area contributed by atoms with Gasteiger partial charge in [0.25, 0.3) is 0 Å². The number of aromatic nitrogens is 2. The average molecular weight is 258 g/mol. The summed E-state index contributed by atoms with van der Waals surface area (Å²) in [6.07, 6.45) is 0. The van der Waals surface area contributed by atoms with Gasteiger partial charge in [-0.15, -0.1) is 0 Å². The Labute approximate surface area is 89.1 Å². The molecule has 0 aliphatic rings. The summed E-state index contributed by atoms with van der Waals surface area (Å²) in [6, 6.07) is 7.67. The van der Waals surface area contributed by atoms with E-state index in [-0.39, 0.29) is 0 Å². The van der Waals surface area contributed by atoms with E-state index < -0.39 is 0 Å². The lowest BCUT2D eigenvalue weighted by atomic mass is 10.3. The maximum atomic E-state index is 5.90. The molecule has 0 N–H and O–H groups in total. The second-order valence-corrected chi connectivity index (χ2v) is 3.50. The van der Waals surface area contributed by atoms with Gasteiger partial charge in [-0.1, -0.05) is 39.7 Å². The van der Waals surface area contributed by atoms with Crippen molar-refractivity contribution in [2.75, 3.05) is 0 Å². The Hall–Kier alpha value is -0.670. The first-order valence-corrected chi connectivity index (χ1v) is 5.28. The van der Waals surface area contributed by atoms with Crippen molar-refractivity contribution in [3.05, 3.63) is 35.1 Å². The predicted octanol–water partition coefficient (Wildman–Crippen LogP) is 3.18. The summed E-state index contributed by atoms with van der Waals surface area (Å²) in [6.45, 7) is 0. The van der Waals surface area contributed by atoms with Gasteiger partial charge in [-0.2, -0.15) is 0 Å². The molecule has 0 amide bonds. The number of para-hydroxylation sites is 2. The van der Waals surface area contributed by atoms with Crippen LogP contribution in [-0.2, 0) is 5.33 Å². The summed E-state index contributed by atoms with van der Waals surface area (Å²) in [5.41, 5.74) is 2.49. The molecule has 0 radical (unpaired) electrons. The van der Waals surface area contributed by atoms with Crippen molar-refractivity contribution in [1.29, 1.82) is 0 Å². The van der Waals surface area contributed by atoms with Crippen LogP contribution in [-0.4, -0.2) is 9.97 Å². The van der Waals surface area contributed by atoms with Crippen LogP contribution in [0.3, 0.4) is 0 Å². The molecule has 2 rings (SSSR count). The zero-order valence-electron chi connectivity index (χ0n) is 6.67. The SMILES string of the molecule is Clc1nc2ccccc2nc1CBr. The third-order valence-electron chi connectivity index (χ3n) is 1.72. The molecule has 1 aromatic heterocycles. The number of hydrogen-bond acceptors (Lipinski definition) is 2. The Morgan fingerprint density at radius 2 is 1.77 bits per heavy atom. The molecular formula is C9H6BrClN2. The van der Waals surface area contributed by atoms with Crippen molar-refractivity contribution in [2.24, 2.45) is 0 Å². The molecule has 0 aliphatic heterocycles. The van der Waals surface area contributed by atoms with E-state index in [9.17, 15) is 0 Å². The highest BCUT2D eigenvalue weighted by Gasteiger charge is 2.03. The van der Waals surface area contributed by atoms with E-state index in [0.717, 1.165) is 16.7 Å². The minimum atomic E-state index is 0.468. The molecule has 0 unspecified atom stereocenters. The van der Waals surface area contributed by atoms with E-state index in [4.69, 9.17) is 11.6 Å². The largest absolute Gasteiger partial charge is 0.247 e. The first kappa shape index (κ1) is 8.91. The van der Waals surface area contributed by atoms with Gasteiger partial charge in [-0.25, -0.2) is 9.97 Å². The van der Waals surface area contributed by atoms with Crippen molar-refractivity contribution in [3.63, 3.8) is 0 Å². The summed E-state index contributed by atoms with van der Waals surface area (Å²) in [5, 5.41) is 1.10. The van der Waals surface area contributed by atoms with E-state index in [1.165, 1.54) is 0 Å². The Morgan fingerprint density at radius 1 is 1.15 bits per heavy atom. The molecule has 0 fully saturated rings. The van der Waals surface area contributed by atoms with Crippen molar-refractivity contribution >= 4 is 38.6 Å². The molecule has 2 nitrogen and oxygen atoms in total. The maximum Gasteiger partial charge on any atom is 0.152 e. The van der Waals surface area contributed by atoms with Gasteiger partial charge in [0, 0.05) is 5.33 Å². The summed E-state index contributed by atoms with van der Waals surface area (Å²) < 4.78 is 0. The number of alkyl halides is 1. The minimum Gasteiger partial charge on any atom is -0.247 e. The van der Waals surface area contributed by atoms with E-state index in [2.05, 4.69) is 25.9 Å². The van der Waals surface area contributed by atoms with Crippen LogP contribution >= 0.6 is 27.5 Å². The lowest BCUT2D eigenvalue weighted by Crippen LogP contribution is -1.91. The number of nitrogens with zero attached hydrogens (tertiary/aromatic N) is 2. The van der Waals surface area contributed by atoms with Gasteiger partial charge in [0.1, 0.15) is 0 Å². The van der Waals surface area contributed by atoms with Crippen LogP contribution in [0.25, 0.3) is 11.0 Å². The molecule has 4 heteroatoms. The monoisotopic (exact) mass is 256 g/mol. The Bertz CT molecular complexity index is 445. The van der Waals surface area contributed by atoms with Crippen LogP contribution in [0.5, 0.6) is 0 Å². The average Bonchev–Trinajstić information content (AvgIpc) is 2.17. The first-order chi connectivity index (χ1) is 6.31. The van der Waals surface area contributed by atoms with Gasteiger partial charge in [-0.3, -0.25) is 0 Å². The Kier molecular flexibility index (Phi) is 2.47. The van der Waals surface area contributed by atoms with Gasteiger partial charge in [0.15, 0.2) is 5.15 Å². The maximum absolute atomic E-state index is 5.90. The summed E-state index contributed by atoms with van der Waals surface area (Å²) in [7, 11) is 0. The minimum absolute atomic E-state index is 0.468. The molecule has 1 heterocycles. The smallest absolute Gasteiger partial charge is 0.152 e. The number of halogens is 2. The molecular weight excluding hydrogens is 251 g/mol. The first-order valence-electron chi connectivity index (χ1n) is 3.78. The second kappa shape index (κ2) is 3.60. The second-order valence-electron chi connectivity index (χ2n) is 2.58. The van der Waals surface area contributed by atoms with Gasteiger partial charge in [-0.05, 0) is 12.1 Å². The zero-order valence-corrected chi connectivity index (χ0v) is 9.01. The van der Waals surface area contributed by atoms with Gasteiger partial charge < -0.3 is 0 Å². The van der Waals surface area contributed by atoms with Crippen molar-refractivity contribution in [3.8, 4) is 0 Å². The molecule has 0 bridgehead atoms. The lowest BCUT2D eigenvalue weighted by molar-refractivity contribution is 1.17. The van der Waals surface area contributed by atoms with Crippen LogP contribution in [0.4, 0.5) is 0 Å². The van der Waals surface area contributed by atoms with Crippen LogP contribution in [0.1, 0.15) is 5.69 Å². The number of fused-ring (bicyclic) bond motifs is 1.